The van der Waals surface area contributed by atoms with Gasteiger partial charge in [0, 0.05) is 6.04 Å². The number of carbonyl (C=O) groups is 1. The standard InChI is InChI=1S/C10H16N4O2/c1-6(10(16)11-8-3-4-8)14-5-9(7(2)15)12-13-14/h5-8,15H,3-4H2,1-2H3,(H,11,16). The zero-order chi connectivity index (χ0) is 11.7. The molecule has 6 nitrogen and oxygen atoms in total. The monoisotopic (exact) mass is 224 g/mol. The second-order valence-electron chi connectivity index (χ2n) is 4.26. The zero-order valence-electron chi connectivity index (χ0n) is 9.42. The third-order valence-electron chi connectivity index (χ3n) is 2.66. The molecule has 1 aromatic rings. The molecule has 0 saturated heterocycles. The minimum atomic E-state index is -0.660. The van der Waals surface area contributed by atoms with Gasteiger partial charge in [-0.2, -0.15) is 0 Å². The Hall–Kier alpha value is -1.43. The van der Waals surface area contributed by atoms with E-state index in [2.05, 4.69) is 15.6 Å². The lowest BCUT2D eigenvalue weighted by Gasteiger charge is -2.10. The van der Waals surface area contributed by atoms with E-state index in [9.17, 15) is 9.90 Å². The Morgan fingerprint density at radius 1 is 1.62 bits per heavy atom. The molecule has 2 unspecified atom stereocenters. The Kier molecular flexibility index (Phi) is 2.91. The fourth-order valence-electron chi connectivity index (χ4n) is 1.34. The lowest BCUT2D eigenvalue weighted by atomic mass is 10.3. The normalized spacial score (nSPS) is 19.2. The van der Waals surface area contributed by atoms with Crippen LogP contribution in [-0.4, -0.2) is 32.0 Å². The van der Waals surface area contributed by atoms with Gasteiger partial charge in [0.15, 0.2) is 0 Å². The molecule has 1 heterocycles. The van der Waals surface area contributed by atoms with Crippen LogP contribution in [0, 0.1) is 0 Å². The van der Waals surface area contributed by atoms with Crippen LogP contribution in [0.1, 0.15) is 44.5 Å². The van der Waals surface area contributed by atoms with Crippen molar-refractivity contribution in [3.63, 3.8) is 0 Å². The van der Waals surface area contributed by atoms with E-state index in [-0.39, 0.29) is 11.9 Å². The average Bonchev–Trinajstić information content (AvgIpc) is 2.91. The summed E-state index contributed by atoms with van der Waals surface area (Å²) < 4.78 is 1.47. The van der Waals surface area contributed by atoms with Gasteiger partial charge >= 0.3 is 0 Å². The summed E-state index contributed by atoms with van der Waals surface area (Å²) in [6.07, 6.45) is 3.07. The van der Waals surface area contributed by atoms with Crippen molar-refractivity contribution in [2.45, 2.75) is 44.9 Å². The van der Waals surface area contributed by atoms with E-state index < -0.39 is 6.10 Å². The summed E-state index contributed by atoms with van der Waals surface area (Å²) in [6, 6.07) is -0.0460. The van der Waals surface area contributed by atoms with Crippen LogP contribution < -0.4 is 5.32 Å². The number of aliphatic hydroxyl groups excluding tert-OH is 1. The number of amides is 1. The molecule has 1 fully saturated rings. The van der Waals surface area contributed by atoms with Gasteiger partial charge in [-0.3, -0.25) is 4.79 Å². The first-order chi connectivity index (χ1) is 7.58. The smallest absolute Gasteiger partial charge is 0.244 e. The summed E-state index contributed by atoms with van der Waals surface area (Å²) in [5.41, 5.74) is 0.478. The first kappa shape index (κ1) is 11.1. The number of nitrogens with zero attached hydrogens (tertiary/aromatic N) is 3. The van der Waals surface area contributed by atoms with E-state index in [0.717, 1.165) is 12.8 Å². The molecule has 16 heavy (non-hydrogen) atoms. The number of carbonyl (C=O) groups excluding carboxylic acids is 1. The molecule has 2 atom stereocenters. The third-order valence-corrected chi connectivity index (χ3v) is 2.66. The van der Waals surface area contributed by atoms with Crippen LogP contribution in [0.4, 0.5) is 0 Å². The highest BCUT2D eigenvalue weighted by molar-refractivity contribution is 5.80. The van der Waals surface area contributed by atoms with Gasteiger partial charge in [-0.05, 0) is 26.7 Å². The third kappa shape index (κ3) is 2.38. The Morgan fingerprint density at radius 3 is 2.81 bits per heavy atom. The van der Waals surface area contributed by atoms with Crippen molar-refractivity contribution in [2.75, 3.05) is 0 Å². The molecule has 2 N–H and O–H groups in total. The maximum absolute atomic E-state index is 11.7. The van der Waals surface area contributed by atoms with Crippen LogP contribution >= 0.6 is 0 Å². The number of aliphatic hydroxyl groups is 1. The van der Waals surface area contributed by atoms with Gasteiger partial charge in [-0.1, -0.05) is 5.21 Å². The highest BCUT2D eigenvalue weighted by Crippen LogP contribution is 2.20. The summed E-state index contributed by atoms with van der Waals surface area (Å²) in [4.78, 5) is 11.7. The molecular formula is C10H16N4O2. The van der Waals surface area contributed by atoms with E-state index in [4.69, 9.17) is 0 Å². The van der Waals surface area contributed by atoms with Crippen LogP contribution in [0.5, 0.6) is 0 Å². The molecular weight excluding hydrogens is 208 g/mol. The molecule has 1 aromatic heterocycles. The van der Waals surface area contributed by atoms with E-state index in [1.54, 1.807) is 20.0 Å². The fourth-order valence-corrected chi connectivity index (χ4v) is 1.34. The van der Waals surface area contributed by atoms with E-state index in [1.807, 2.05) is 0 Å². The summed E-state index contributed by atoms with van der Waals surface area (Å²) in [5, 5.41) is 19.8. The van der Waals surface area contributed by atoms with Crippen molar-refractivity contribution in [1.29, 1.82) is 0 Å². The number of aromatic nitrogens is 3. The number of hydrogen-bond acceptors (Lipinski definition) is 4. The second-order valence-corrected chi connectivity index (χ2v) is 4.26. The minimum Gasteiger partial charge on any atom is -0.387 e. The van der Waals surface area contributed by atoms with E-state index in [0.29, 0.717) is 11.7 Å². The zero-order valence-corrected chi connectivity index (χ0v) is 9.42. The SMILES string of the molecule is CC(O)c1cn(C(C)C(=O)NC2CC2)nn1. The largest absolute Gasteiger partial charge is 0.387 e. The fraction of sp³-hybridized carbons (Fsp3) is 0.700. The number of hydrogen-bond donors (Lipinski definition) is 2. The molecule has 0 aliphatic heterocycles. The first-order valence-corrected chi connectivity index (χ1v) is 5.48. The molecule has 0 bridgehead atoms. The Labute approximate surface area is 93.6 Å². The van der Waals surface area contributed by atoms with Gasteiger partial charge in [0.05, 0.1) is 12.3 Å². The molecule has 2 rings (SSSR count). The van der Waals surface area contributed by atoms with Gasteiger partial charge in [-0.25, -0.2) is 4.68 Å². The highest BCUT2D eigenvalue weighted by atomic mass is 16.3. The number of rotatable bonds is 4. The van der Waals surface area contributed by atoms with Crippen molar-refractivity contribution < 1.29 is 9.90 Å². The van der Waals surface area contributed by atoms with Crippen molar-refractivity contribution in [2.24, 2.45) is 0 Å². The molecule has 0 spiro atoms. The van der Waals surface area contributed by atoms with Gasteiger partial charge in [0.25, 0.3) is 0 Å². The van der Waals surface area contributed by atoms with Gasteiger partial charge in [0.2, 0.25) is 5.91 Å². The van der Waals surface area contributed by atoms with Crippen molar-refractivity contribution >= 4 is 5.91 Å². The van der Waals surface area contributed by atoms with Crippen molar-refractivity contribution in [1.82, 2.24) is 20.3 Å². The van der Waals surface area contributed by atoms with Crippen molar-refractivity contribution in [3.05, 3.63) is 11.9 Å². The molecule has 1 aliphatic rings. The second kappa shape index (κ2) is 4.21. The summed E-state index contributed by atoms with van der Waals surface area (Å²) >= 11 is 0. The molecule has 0 radical (unpaired) electrons. The quantitative estimate of drug-likeness (QED) is 0.764. The Morgan fingerprint density at radius 2 is 2.31 bits per heavy atom. The van der Waals surface area contributed by atoms with Crippen LogP contribution in [0.3, 0.4) is 0 Å². The molecule has 1 aliphatic carbocycles. The molecule has 0 aromatic carbocycles. The summed E-state index contributed by atoms with van der Waals surface area (Å²) in [6.45, 7) is 3.38. The highest BCUT2D eigenvalue weighted by Gasteiger charge is 2.26. The molecule has 1 saturated carbocycles. The molecule has 88 valence electrons. The summed E-state index contributed by atoms with van der Waals surface area (Å²) in [5.74, 6) is -0.0513. The Balaban J connectivity index is 2.01. The molecule has 6 heteroatoms. The van der Waals surface area contributed by atoms with E-state index in [1.165, 1.54) is 4.68 Å². The van der Waals surface area contributed by atoms with Crippen LogP contribution in [0.2, 0.25) is 0 Å². The van der Waals surface area contributed by atoms with Gasteiger partial charge in [0.1, 0.15) is 11.7 Å². The summed E-state index contributed by atoms with van der Waals surface area (Å²) in [7, 11) is 0. The minimum absolute atomic E-state index is 0.0513. The lowest BCUT2D eigenvalue weighted by molar-refractivity contribution is -0.124. The average molecular weight is 224 g/mol. The van der Waals surface area contributed by atoms with Gasteiger partial charge < -0.3 is 10.4 Å². The lowest BCUT2D eigenvalue weighted by Crippen LogP contribution is -2.32. The first-order valence-electron chi connectivity index (χ1n) is 5.48. The maximum atomic E-state index is 11.7. The van der Waals surface area contributed by atoms with Crippen LogP contribution in [-0.2, 0) is 4.79 Å². The van der Waals surface area contributed by atoms with Crippen LogP contribution in [0.25, 0.3) is 0 Å². The number of nitrogens with one attached hydrogen (secondary N) is 1. The topological polar surface area (TPSA) is 80.0 Å². The van der Waals surface area contributed by atoms with Crippen LogP contribution in [0.15, 0.2) is 6.20 Å². The van der Waals surface area contributed by atoms with Gasteiger partial charge in [-0.15, -0.1) is 5.10 Å². The maximum Gasteiger partial charge on any atom is 0.244 e. The predicted molar refractivity (Wildman–Crippen MR) is 56.5 cm³/mol. The van der Waals surface area contributed by atoms with Crippen molar-refractivity contribution in [3.8, 4) is 0 Å². The van der Waals surface area contributed by atoms with E-state index >= 15 is 0 Å². The molecule has 1 amide bonds. The Bertz CT molecular complexity index is 384. The predicted octanol–water partition coefficient (Wildman–Crippen LogP) is 0.171.